The lowest BCUT2D eigenvalue weighted by atomic mass is 9.70. The van der Waals surface area contributed by atoms with E-state index < -0.39 is 11.5 Å². The number of carbonyl (C=O) groups is 1. The van der Waals surface area contributed by atoms with Crippen molar-refractivity contribution in [1.29, 1.82) is 0 Å². The van der Waals surface area contributed by atoms with Crippen molar-refractivity contribution in [2.45, 2.75) is 44.1 Å². The van der Waals surface area contributed by atoms with Crippen LogP contribution in [-0.2, 0) is 4.79 Å². The zero-order chi connectivity index (χ0) is 21.3. The van der Waals surface area contributed by atoms with Gasteiger partial charge in [-0.05, 0) is 85.7 Å². The molecule has 1 unspecified atom stereocenters. The summed E-state index contributed by atoms with van der Waals surface area (Å²) in [5.41, 5.74) is 1.41. The molecule has 3 aromatic rings. The highest BCUT2D eigenvalue weighted by Gasteiger charge is 2.41. The fourth-order valence-corrected chi connectivity index (χ4v) is 4.51. The molecule has 30 heavy (non-hydrogen) atoms. The zero-order valence-corrected chi connectivity index (χ0v) is 17.5. The number of carbonyl (C=O) groups excluding carboxylic acids is 1. The van der Waals surface area contributed by atoms with Gasteiger partial charge in [0, 0.05) is 22.3 Å². The number of amides is 1. The van der Waals surface area contributed by atoms with Gasteiger partial charge in [0.1, 0.15) is 5.82 Å². The van der Waals surface area contributed by atoms with Gasteiger partial charge in [0.2, 0.25) is 5.91 Å². The Morgan fingerprint density at radius 1 is 1.20 bits per heavy atom. The third-order valence-corrected chi connectivity index (χ3v) is 6.59. The molecule has 1 heterocycles. The smallest absolute Gasteiger partial charge is 0.230 e. The van der Waals surface area contributed by atoms with Gasteiger partial charge in [0.05, 0.1) is 17.0 Å². The molecule has 1 aliphatic rings. The predicted octanol–water partition coefficient (Wildman–Crippen LogP) is 5.69. The van der Waals surface area contributed by atoms with Crippen molar-refractivity contribution in [2.24, 2.45) is 5.92 Å². The molecule has 1 amide bonds. The van der Waals surface area contributed by atoms with Crippen molar-refractivity contribution < 1.29 is 14.3 Å². The van der Waals surface area contributed by atoms with E-state index in [9.17, 15) is 14.3 Å². The second kappa shape index (κ2) is 8.32. The number of fused-ring (bicyclic) bond motifs is 1. The van der Waals surface area contributed by atoms with E-state index in [-0.39, 0.29) is 17.6 Å². The summed E-state index contributed by atoms with van der Waals surface area (Å²) in [4.78, 5) is 17.0. The van der Waals surface area contributed by atoms with E-state index in [1.807, 2.05) is 6.07 Å². The first-order chi connectivity index (χ1) is 14.4. The quantitative estimate of drug-likeness (QED) is 0.563. The number of benzene rings is 2. The summed E-state index contributed by atoms with van der Waals surface area (Å²) in [5.74, 6) is -0.851. The molecule has 0 radical (unpaired) electrons. The van der Waals surface area contributed by atoms with Gasteiger partial charge in [-0.2, -0.15) is 0 Å². The molecule has 0 saturated heterocycles. The first kappa shape index (κ1) is 20.8. The molecule has 2 N–H and O–H groups in total. The molecule has 1 aliphatic carbocycles. The van der Waals surface area contributed by atoms with E-state index in [0.717, 1.165) is 29.3 Å². The van der Waals surface area contributed by atoms with Crippen molar-refractivity contribution in [3.63, 3.8) is 0 Å². The van der Waals surface area contributed by atoms with E-state index >= 15 is 0 Å². The lowest BCUT2D eigenvalue weighted by molar-refractivity contribution is -0.131. The van der Waals surface area contributed by atoms with Crippen LogP contribution in [0.1, 0.15) is 44.1 Å². The zero-order valence-electron chi connectivity index (χ0n) is 16.7. The van der Waals surface area contributed by atoms with Crippen molar-refractivity contribution in [1.82, 2.24) is 4.98 Å². The van der Waals surface area contributed by atoms with Crippen LogP contribution in [0, 0.1) is 11.7 Å². The molecule has 0 spiro atoms. The highest BCUT2D eigenvalue weighted by molar-refractivity contribution is 6.30. The number of aliphatic hydroxyl groups is 1. The highest BCUT2D eigenvalue weighted by Crippen LogP contribution is 2.43. The Hall–Kier alpha value is -2.50. The van der Waals surface area contributed by atoms with Gasteiger partial charge < -0.3 is 10.4 Å². The Kier molecular flexibility index (Phi) is 5.76. The van der Waals surface area contributed by atoms with Crippen LogP contribution in [0.4, 0.5) is 10.1 Å². The molecule has 1 fully saturated rings. The summed E-state index contributed by atoms with van der Waals surface area (Å²) in [6.07, 6.45) is 4.21. The van der Waals surface area contributed by atoms with Crippen LogP contribution in [0.2, 0.25) is 5.02 Å². The minimum absolute atomic E-state index is 0.198. The van der Waals surface area contributed by atoms with Crippen LogP contribution in [0.5, 0.6) is 0 Å². The normalized spacial score (nSPS) is 22.6. The van der Waals surface area contributed by atoms with Crippen molar-refractivity contribution >= 4 is 34.1 Å². The Morgan fingerprint density at radius 3 is 2.60 bits per heavy atom. The largest absolute Gasteiger partial charge is 0.389 e. The molecule has 0 bridgehead atoms. The maximum absolute atomic E-state index is 13.8. The third kappa shape index (κ3) is 4.18. The second-order valence-electron chi connectivity index (χ2n) is 8.16. The van der Waals surface area contributed by atoms with Crippen LogP contribution in [0.15, 0.2) is 54.7 Å². The van der Waals surface area contributed by atoms with Gasteiger partial charge >= 0.3 is 0 Å². The molecule has 2 aromatic carbocycles. The van der Waals surface area contributed by atoms with E-state index in [1.54, 1.807) is 43.5 Å². The first-order valence-electron chi connectivity index (χ1n) is 10.2. The molecular formula is C24H24ClFN2O2. The molecule has 156 valence electrons. The molecule has 1 aromatic heterocycles. The first-order valence-corrected chi connectivity index (χ1v) is 10.6. The topological polar surface area (TPSA) is 62.2 Å². The SMILES string of the molecule is CC(C(=O)Nc1ccc(Cl)cc1)C1(O)CCC(c2ccnc3ccc(F)cc23)CC1. The molecule has 0 aliphatic heterocycles. The van der Waals surface area contributed by atoms with Crippen LogP contribution >= 0.6 is 11.6 Å². The van der Waals surface area contributed by atoms with Crippen molar-refractivity contribution in [2.75, 3.05) is 5.32 Å². The number of rotatable bonds is 4. The number of nitrogens with zero attached hydrogens (tertiary/aromatic N) is 1. The van der Waals surface area contributed by atoms with Gasteiger partial charge in [0.15, 0.2) is 0 Å². The number of halogens is 2. The number of anilines is 1. The highest BCUT2D eigenvalue weighted by atomic mass is 35.5. The third-order valence-electron chi connectivity index (χ3n) is 6.34. The van der Waals surface area contributed by atoms with Gasteiger partial charge in [-0.3, -0.25) is 9.78 Å². The fraction of sp³-hybridized carbons (Fsp3) is 0.333. The lowest BCUT2D eigenvalue weighted by Crippen LogP contribution is -2.45. The van der Waals surface area contributed by atoms with Gasteiger partial charge in [0.25, 0.3) is 0 Å². The number of nitrogens with one attached hydrogen (secondary N) is 1. The average Bonchev–Trinajstić information content (AvgIpc) is 2.75. The second-order valence-corrected chi connectivity index (χ2v) is 8.59. The maximum Gasteiger partial charge on any atom is 0.230 e. The molecule has 1 atom stereocenters. The van der Waals surface area contributed by atoms with Crippen LogP contribution in [0.3, 0.4) is 0 Å². The summed E-state index contributed by atoms with van der Waals surface area (Å²) in [7, 11) is 0. The van der Waals surface area contributed by atoms with E-state index in [1.165, 1.54) is 12.1 Å². The molecule has 4 rings (SSSR count). The number of aromatic nitrogens is 1. The van der Waals surface area contributed by atoms with Crippen LogP contribution < -0.4 is 5.32 Å². The summed E-state index contributed by atoms with van der Waals surface area (Å²) in [5, 5.41) is 15.5. The summed E-state index contributed by atoms with van der Waals surface area (Å²) >= 11 is 5.89. The molecule has 4 nitrogen and oxygen atoms in total. The molecule has 6 heteroatoms. The standard InChI is InChI=1S/C24H24ClFN2O2/c1-15(23(29)28-19-5-2-17(25)3-6-19)24(30)11-8-16(9-12-24)20-10-13-27-22-7-4-18(26)14-21(20)22/h2-7,10,13-16,30H,8-9,11-12H2,1H3,(H,28,29). The predicted molar refractivity (Wildman–Crippen MR) is 117 cm³/mol. The Balaban J connectivity index is 1.46. The maximum atomic E-state index is 13.8. The molecule has 1 saturated carbocycles. The minimum atomic E-state index is -1.07. The van der Waals surface area contributed by atoms with Crippen molar-refractivity contribution in [3.05, 3.63) is 71.1 Å². The van der Waals surface area contributed by atoms with Gasteiger partial charge in [-0.15, -0.1) is 0 Å². The van der Waals surface area contributed by atoms with Gasteiger partial charge in [-0.25, -0.2) is 4.39 Å². The Labute approximate surface area is 180 Å². The summed E-state index contributed by atoms with van der Waals surface area (Å²) in [6.45, 7) is 1.77. The minimum Gasteiger partial charge on any atom is -0.389 e. The number of pyridine rings is 1. The Morgan fingerprint density at radius 2 is 1.90 bits per heavy atom. The average molecular weight is 427 g/mol. The van der Waals surface area contributed by atoms with E-state index in [2.05, 4.69) is 10.3 Å². The monoisotopic (exact) mass is 426 g/mol. The van der Waals surface area contributed by atoms with E-state index in [4.69, 9.17) is 11.6 Å². The van der Waals surface area contributed by atoms with Crippen molar-refractivity contribution in [3.8, 4) is 0 Å². The lowest BCUT2D eigenvalue weighted by Gasteiger charge is -2.40. The van der Waals surface area contributed by atoms with Gasteiger partial charge in [-0.1, -0.05) is 18.5 Å². The summed E-state index contributed by atoms with van der Waals surface area (Å²) < 4.78 is 13.8. The molecular weight excluding hydrogens is 403 g/mol. The van der Waals surface area contributed by atoms with Crippen LogP contribution in [0.25, 0.3) is 10.9 Å². The fourth-order valence-electron chi connectivity index (χ4n) is 4.39. The van der Waals surface area contributed by atoms with Crippen LogP contribution in [-0.4, -0.2) is 21.6 Å². The summed E-state index contributed by atoms with van der Waals surface area (Å²) in [6, 6.07) is 13.5. The van der Waals surface area contributed by atoms with E-state index in [0.29, 0.717) is 23.6 Å². The Bertz CT molecular complexity index is 1060. The number of hydrogen-bond acceptors (Lipinski definition) is 3. The number of hydrogen-bond donors (Lipinski definition) is 2.